The molecule has 0 aromatic heterocycles. The van der Waals surface area contributed by atoms with Crippen LogP contribution >= 0.6 is 0 Å². The minimum absolute atomic E-state index is 0.0553. The number of fused-ring (bicyclic) bond motifs is 1. The fourth-order valence-corrected chi connectivity index (χ4v) is 3.46. The molecule has 0 radical (unpaired) electrons. The number of amides is 4. The molecule has 0 atom stereocenters. The van der Waals surface area contributed by atoms with Crippen LogP contribution in [0.25, 0.3) is 0 Å². The predicted molar refractivity (Wildman–Crippen MR) is 101 cm³/mol. The molecule has 0 aliphatic carbocycles. The molecule has 29 heavy (non-hydrogen) atoms. The Morgan fingerprint density at radius 3 is 2.17 bits per heavy atom. The number of unbranched alkanes of at least 4 members (excludes halogenated alkanes) is 1. The molecule has 2 aliphatic rings. The zero-order chi connectivity index (χ0) is 21.1. The Labute approximate surface area is 167 Å². The number of imide groups is 1. The number of hydrogen-bond donors (Lipinski definition) is 0. The molecule has 3 rings (SSSR count). The SMILES string of the molecule is CCCCC(=O)N1CCN(C(=O)CN2C(=O)c3ccc([N+](=O)[O-])cc3C2=O)CC1. The second-order valence-electron chi connectivity index (χ2n) is 7.05. The van der Waals surface area contributed by atoms with Gasteiger partial charge in [-0.3, -0.25) is 34.2 Å². The standard InChI is InChI=1S/C19H22N4O6/c1-2-3-4-16(24)20-7-9-21(10-8-20)17(25)12-22-18(26)14-6-5-13(23(28)29)11-15(14)19(22)27/h5-6,11H,2-4,7-10,12H2,1H3. The summed E-state index contributed by atoms with van der Waals surface area (Å²) < 4.78 is 0. The second kappa shape index (κ2) is 8.38. The van der Waals surface area contributed by atoms with Gasteiger partial charge in [0, 0.05) is 44.7 Å². The molecule has 1 fully saturated rings. The van der Waals surface area contributed by atoms with Gasteiger partial charge in [-0.15, -0.1) is 0 Å². The van der Waals surface area contributed by atoms with Crippen LogP contribution in [0.4, 0.5) is 5.69 Å². The number of benzene rings is 1. The summed E-state index contributed by atoms with van der Waals surface area (Å²) in [6.07, 6.45) is 2.26. The molecule has 0 N–H and O–H groups in total. The number of piperazine rings is 1. The van der Waals surface area contributed by atoms with Gasteiger partial charge in [0.1, 0.15) is 6.54 Å². The van der Waals surface area contributed by atoms with Crippen LogP contribution in [0.5, 0.6) is 0 Å². The summed E-state index contributed by atoms with van der Waals surface area (Å²) in [5.41, 5.74) is -0.301. The molecule has 2 heterocycles. The quantitative estimate of drug-likeness (QED) is 0.398. The van der Waals surface area contributed by atoms with Crippen LogP contribution in [-0.4, -0.2) is 76.0 Å². The van der Waals surface area contributed by atoms with Crippen molar-refractivity contribution in [2.24, 2.45) is 0 Å². The Hall–Kier alpha value is -3.30. The van der Waals surface area contributed by atoms with Crippen LogP contribution in [0.1, 0.15) is 46.9 Å². The summed E-state index contributed by atoms with van der Waals surface area (Å²) in [5.74, 6) is -1.67. The molecule has 0 bridgehead atoms. The van der Waals surface area contributed by atoms with Crippen molar-refractivity contribution in [3.63, 3.8) is 0 Å². The van der Waals surface area contributed by atoms with Crippen molar-refractivity contribution in [2.45, 2.75) is 26.2 Å². The van der Waals surface area contributed by atoms with Crippen molar-refractivity contribution in [3.05, 3.63) is 39.4 Å². The van der Waals surface area contributed by atoms with Crippen LogP contribution in [0, 0.1) is 10.1 Å². The predicted octanol–water partition coefficient (Wildman–Crippen LogP) is 1.05. The minimum Gasteiger partial charge on any atom is -0.339 e. The molecule has 1 aromatic carbocycles. The van der Waals surface area contributed by atoms with Gasteiger partial charge >= 0.3 is 0 Å². The van der Waals surface area contributed by atoms with E-state index in [1.807, 2.05) is 6.92 Å². The Balaban J connectivity index is 1.60. The number of carbonyl (C=O) groups is 4. The van der Waals surface area contributed by atoms with E-state index in [1.165, 1.54) is 11.0 Å². The van der Waals surface area contributed by atoms with Crippen LogP contribution in [0.15, 0.2) is 18.2 Å². The molecular formula is C19H22N4O6. The summed E-state index contributed by atoms with van der Waals surface area (Å²) in [5, 5.41) is 10.9. The molecule has 1 aromatic rings. The fraction of sp³-hybridized carbons (Fsp3) is 0.474. The third-order valence-electron chi connectivity index (χ3n) is 5.19. The largest absolute Gasteiger partial charge is 0.339 e. The maximum atomic E-state index is 12.6. The number of carbonyl (C=O) groups excluding carboxylic acids is 4. The second-order valence-corrected chi connectivity index (χ2v) is 7.05. The Morgan fingerprint density at radius 2 is 1.59 bits per heavy atom. The van der Waals surface area contributed by atoms with Crippen molar-refractivity contribution in [3.8, 4) is 0 Å². The van der Waals surface area contributed by atoms with E-state index in [0.717, 1.165) is 29.9 Å². The van der Waals surface area contributed by atoms with E-state index in [1.54, 1.807) is 4.90 Å². The van der Waals surface area contributed by atoms with Gasteiger partial charge < -0.3 is 9.80 Å². The summed E-state index contributed by atoms with van der Waals surface area (Å²) >= 11 is 0. The number of nitrogens with zero attached hydrogens (tertiary/aromatic N) is 4. The lowest BCUT2D eigenvalue weighted by Crippen LogP contribution is -2.53. The fourth-order valence-electron chi connectivity index (χ4n) is 3.46. The number of rotatable bonds is 6. The van der Waals surface area contributed by atoms with E-state index in [4.69, 9.17) is 0 Å². The summed E-state index contributed by atoms with van der Waals surface area (Å²) in [4.78, 5) is 63.9. The van der Waals surface area contributed by atoms with E-state index in [-0.39, 0.29) is 22.7 Å². The molecular weight excluding hydrogens is 380 g/mol. The highest BCUT2D eigenvalue weighted by atomic mass is 16.6. The zero-order valence-electron chi connectivity index (χ0n) is 16.1. The van der Waals surface area contributed by atoms with Crippen molar-refractivity contribution in [1.29, 1.82) is 0 Å². The molecule has 0 unspecified atom stereocenters. The van der Waals surface area contributed by atoms with E-state index in [9.17, 15) is 29.3 Å². The number of nitro benzene ring substituents is 1. The molecule has 10 nitrogen and oxygen atoms in total. The minimum atomic E-state index is -0.713. The van der Waals surface area contributed by atoms with E-state index >= 15 is 0 Å². The maximum absolute atomic E-state index is 12.6. The van der Waals surface area contributed by atoms with Crippen molar-refractivity contribution >= 4 is 29.3 Å². The highest BCUT2D eigenvalue weighted by molar-refractivity contribution is 6.22. The van der Waals surface area contributed by atoms with Crippen LogP contribution in [0.2, 0.25) is 0 Å². The lowest BCUT2D eigenvalue weighted by Gasteiger charge is -2.35. The zero-order valence-corrected chi connectivity index (χ0v) is 16.1. The normalized spacial score (nSPS) is 16.2. The lowest BCUT2D eigenvalue weighted by atomic mass is 10.1. The maximum Gasteiger partial charge on any atom is 0.270 e. The summed E-state index contributed by atoms with van der Waals surface area (Å²) in [6, 6.07) is 3.45. The first-order valence-corrected chi connectivity index (χ1v) is 9.53. The van der Waals surface area contributed by atoms with Gasteiger partial charge in [-0.1, -0.05) is 13.3 Å². The smallest absolute Gasteiger partial charge is 0.270 e. The molecule has 10 heteroatoms. The summed E-state index contributed by atoms with van der Waals surface area (Å²) in [7, 11) is 0. The lowest BCUT2D eigenvalue weighted by molar-refractivity contribution is -0.384. The van der Waals surface area contributed by atoms with Gasteiger partial charge in [-0.2, -0.15) is 0 Å². The Bertz CT molecular complexity index is 875. The number of nitro groups is 1. The summed E-state index contributed by atoms with van der Waals surface area (Å²) in [6.45, 7) is 3.10. The van der Waals surface area contributed by atoms with Crippen LogP contribution < -0.4 is 0 Å². The monoisotopic (exact) mass is 402 g/mol. The topological polar surface area (TPSA) is 121 Å². The van der Waals surface area contributed by atoms with E-state index in [0.29, 0.717) is 32.6 Å². The molecule has 4 amide bonds. The van der Waals surface area contributed by atoms with E-state index in [2.05, 4.69) is 0 Å². The molecule has 0 saturated carbocycles. The van der Waals surface area contributed by atoms with Gasteiger partial charge in [0.15, 0.2) is 0 Å². The molecule has 0 spiro atoms. The van der Waals surface area contributed by atoms with Gasteiger partial charge in [-0.25, -0.2) is 0 Å². The van der Waals surface area contributed by atoms with Gasteiger partial charge in [0.2, 0.25) is 11.8 Å². The molecule has 154 valence electrons. The molecule has 1 saturated heterocycles. The number of non-ortho nitro benzene ring substituents is 1. The first kappa shape index (κ1) is 20.4. The Morgan fingerprint density at radius 1 is 1.00 bits per heavy atom. The van der Waals surface area contributed by atoms with Gasteiger partial charge in [0.05, 0.1) is 16.1 Å². The van der Waals surface area contributed by atoms with E-state index < -0.39 is 29.2 Å². The van der Waals surface area contributed by atoms with Crippen molar-refractivity contribution < 1.29 is 24.1 Å². The third kappa shape index (κ3) is 4.10. The highest BCUT2D eigenvalue weighted by Gasteiger charge is 2.38. The van der Waals surface area contributed by atoms with Gasteiger partial charge in [0.25, 0.3) is 17.5 Å². The molecule has 2 aliphatic heterocycles. The average molecular weight is 402 g/mol. The average Bonchev–Trinajstić information content (AvgIpc) is 2.96. The Kier molecular flexibility index (Phi) is 5.90. The van der Waals surface area contributed by atoms with Crippen molar-refractivity contribution in [2.75, 3.05) is 32.7 Å². The first-order chi connectivity index (χ1) is 13.8. The highest BCUT2D eigenvalue weighted by Crippen LogP contribution is 2.26. The number of hydrogen-bond acceptors (Lipinski definition) is 6. The van der Waals surface area contributed by atoms with Crippen LogP contribution in [0.3, 0.4) is 0 Å². The van der Waals surface area contributed by atoms with Gasteiger partial charge in [-0.05, 0) is 12.5 Å². The van der Waals surface area contributed by atoms with Crippen LogP contribution in [-0.2, 0) is 9.59 Å². The first-order valence-electron chi connectivity index (χ1n) is 9.53. The third-order valence-corrected chi connectivity index (χ3v) is 5.19. The van der Waals surface area contributed by atoms with Crippen molar-refractivity contribution in [1.82, 2.24) is 14.7 Å².